The zero-order valence-corrected chi connectivity index (χ0v) is 18.1. The largest absolute Gasteiger partial charge is 0.497 e. The fourth-order valence-electron chi connectivity index (χ4n) is 3.48. The Morgan fingerprint density at radius 1 is 0.839 bits per heavy atom. The molecular weight excluding hydrogens is 384 g/mol. The van der Waals surface area contributed by atoms with Crippen LogP contribution in [0.2, 0.25) is 0 Å². The highest BCUT2D eigenvalue weighted by Gasteiger charge is 2.13. The second kappa shape index (κ2) is 10.0. The van der Waals surface area contributed by atoms with Crippen LogP contribution in [0.5, 0.6) is 5.75 Å². The molecular formula is C26H28N4O. The molecule has 0 atom stereocenters. The maximum absolute atomic E-state index is 5.23. The van der Waals surface area contributed by atoms with E-state index in [1.54, 1.807) is 11.9 Å². The Labute approximate surface area is 183 Å². The fourth-order valence-corrected chi connectivity index (χ4v) is 3.48. The van der Waals surface area contributed by atoms with Gasteiger partial charge in [-0.25, -0.2) is 0 Å². The van der Waals surface area contributed by atoms with E-state index in [4.69, 9.17) is 14.9 Å². The molecule has 1 aromatic heterocycles. The third-order valence-electron chi connectivity index (χ3n) is 5.26. The van der Waals surface area contributed by atoms with Crippen LogP contribution in [0, 0.1) is 6.92 Å². The number of hydrogen-bond donors (Lipinski definition) is 1. The zero-order chi connectivity index (χ0) is 21.5. The van der Waals surface area contributed by atoms with Crippen molar-refractivity contribution in [2.45, 2.75) is 26.4 Å². The Balaban J connectivity index is 1.44. The summed E-state index contributed by atoms with van der Waals surface area (Å²) < 4.78 is 5.23. The van der Waals surface area contributed by atoms with Crippen molar-refractivity contribution in [3.8, 4) is 17.0 Å². The van der Waals surface area contributed by atoms with Crippen LogP contribution < -0.4 is 10.1 Å². The van der Waals surface area contributed by atoms with E-state index < -0.39 is 0 Å². The average molecular weight is 413 g/mol. The zero-order valence-electron chi connectivity index (χ0n) is 18.1. The Hall–Kier alpha value is -3.44. The van der Waals surface area contributed by atoms with Crippen LogP contribution in [-0.4, -0.2) is 28.6 Å². The van der Waals surface area contributed by atoms with E-state index in [2.05, 4.69) is 60.8 Å². The van der Waals surface area contributed by atoms with E-state index >= 15 is 0 Å². The van der Waals surface area contributed by atoms with Gasteiger partial charge >= 0.3 is 0 Å². The number of aryl methyl sites for hydroxylation is 1. The van der Waals surface area contributed by atoms with Crippen LogP contribution in [0.25, 0.3) is 11.3 Å². The quantitative estimate of drug-likeness (QED) is 0.407. The number of benzene rings is 3. The maximum atomic E-state index is 5.23. The van der Waals surface area contributed by atoms with E-state index in [0.29, 0.717) is 13.1 Å². The number of aromatic nitrogens is 3. The number of ether oxygens (including phenoxy) is 1. The molecule has 1 heterocycles. The minimum absolute atomic E-state index is 0.659. The molecule has 4 aromatic rings. The van der Waals surface area contributed by atoms with E-state index in [9.17, 15) is 0 Å². The summed E-state index contributed by atoms with van der Waals surface area (Å²) in [5.41, 5.74) is 6.71. The van der Waals surface area contributed by atoms with Gasteiger partial charge in [-0.15, -0.1) is 0 Å². The van der Waals surface area contributed by atoms with Crippen molar-refractivity contribution in [3.05, 3.63) is 101 Å². The van der Waals surface area contributed by atoms with Gasteiger partial charge in [0.05, 0.1) is 13.7 Å². The molecule has 5 nitrogen and oxygen atoms in total. The first-order chi connectivity index (χ1) is 15.2. The van der Waals surface area contributed by atoms with Crippen LogP contribution in [0.15, 0.2) is 78.9 Å². The van der Waals surface area contributed by atoms with Crippen molar-refractivity contribution in [1.29, 1.82) is 0 Å². The molecule has 0 fully saturated rings. The van der Waals surface area contributed by atoms with E-state index in [0.717, 1.165) is 35.7 Å². The van der Waals surface area contributed by atoms with Crippen LogP contribution in [0.4, 0.5) is 0 Å². The summed E-state index contributed by atoms with van der Waals surface area (Å²) in [6, 6.07) is 27.0. The van der Waals surface area contributed by atoms with Gasteiger partial charge in [-0.3, -0.25) is 0 Å². The first kappa shape index (κ1) is 20.8. The second-order valence-corrected chi connectivity index (χ2v) is 7.65. The molecule has 0 spiro atoms. The van der Waals surface area contributed by atoms with Gasteiger partial charge in [0.25, 0.3) is 0 Å². The molecule has 0 aliphatic rings. The topological polar surface area (TPSA) is 52.0 Å². The third-order valence-corrected chi connectivity index (χ3v) is 5.26. The summed E-state index contributed by atoms with van der Waals surface area (Å²) in [5, 5.41) is 13.1. The van der Waals surface area contributed by atoms with Crippen LogP contribution in [-0.2, 0) is 19.5 Å². The molecule has 0 unspecified atom stereocenters. The second-order valence-electron chi connectivity index (χ2n) is 7.65. The molecule has 158 valence electrons. The van der Waals surface area contributed by atoms with Crippen molar-refractivity contribution >= 4 is 0 Å². The van der Waals surface area contributed by atoms with Gasteiger partial charge in [0.2, 0.25) is 0 Å². The van der Waals surface area contributed by atoms with Crippen LogP contribution >= 0.6 is 0 Å². The summed E-state index contributed by atoms with van der Waals surface area (Å²) >= 11 is 0. The summed E-state index contributed by atoms with van der Waals surface area (Å²) in [6.45, 7) is 4.30. The molecule has 0 aliphatic carbocycles. The Kier molecular flexibility index (Phi) is 6.75. The molecule has 0 radical (unpaired) electrons. The van der Waals surface area contributed by atoms with Crippen molar-refractivity contribution < 1.29 is 4.74 Å². The SMILES string of the molecule is COc1ccc(CCNCc2nn(Cc3ccc(C)cc3)nc2-c2ccccc2)cc1. The molecule has 3 aromatic carbocycles. The lowest BCUT2D eigenvalue weighted by atomic mass is 10.1. The molecule has 0 bridgehead atoms. The minimum Gasteiger partial charge on any atom is -0.497 e. The lowest BCUT2D eigenvalue weighted by molar-refractivity contribution is 0.414. The number of hydrogen-bond acceptors (Lipinski definition) is 4. The van der Waals surface area contributed by atoms with E-state index in [1.807, 2.05) is 30.3 Å². The molecule has 0 amide bonds. The molecule has 4 rings (SSSR count). The highest BCUT2D eigenvalue weighted by molar-refractivity contribution is 5.60. The monoisotopic (exact) mass is 412 g/mol. The van der Waals surface area contributed by atoms with Gasteiger partial charge in [0, 0.05) is 12.1 Å². The highest BCUT2D eigenvalue weighted by Crippen LogP contribution is 2.20. The van der Waals surface area contributed by atoms with E-state index in [-0.39, 0.29) is 0 Å². The van der Waals surface area contributed by atoms with Crippen molar-refractivity contribution in [1.82, 2.24) is 20.3 Å². The lowest BCUT2D eigenvalue weighted by Gasteiger charge is -2.06. The van der Waals surface area contributed by atoms with Gasteiger partial charge < -0.3 is 10.1 Å². The van der Waals surface area contributed by atoms with Crippen molar-refractivity contribution in [2.75, 3.05) is 13.7 Å². The van der Waals surface area contributed by atoms with Gasteiger partial charge in [0.1, 0.15) is 17.1 Å². The molecule has 5 heteroatoms. The first-order valence-corrected chi connectivity index (χ1v) is 10.6. The smallest absolute Gasteiger partial charge is 0.118 e. The lowest BCUT2D eigenvalue weighted by Crippen LogP contribution is -2.17. The van der Waals surface area contributed by atoms with E-state index in [1.165, 1.54) is 16.7 Å². The Morgan fingerprint density at radius 2 is 1.55 bits per heavy atom. The summed E-state index contributed by atoms with van der Waals surface area (Å²) in [4.78, 5) is 1.80. The van der Waals surface area contributed by atoms with Crippen LogP contribution in [0.3, 0.4) is 0 Å². The number of nitrogens with zero attached hydrogens (tertiary/aromatic N) is 3. The molecule has 0 saturated carbocycles. The maximum Gasteiger partial charge on any atom is 0.118 e. The molecule has 0 saturated heterocycles. The molecule has 31 heavy (non-hydrogen) atoms. The standard InChI is InChI=1S/C26H28N4O/c1-20-8-10-22(11-9-20)19-30-28-25(26(29-30)23-6-4-3-5-7-23)18-27-17-16-21-12-14-24(31-2)15-13-21/h3-15,27H,16-19H2,1-2H3. The average Bonchev–Trinajstić information content (AvgIpc) is 3.22. The molecule has 0 aliphatic heterocycles. The predicted molar refractivity (Wildman–Crippen MR) is 124 cm³/mol. The van der Waals surface area contributed by atoms with Crippen molar-refractivity contribution in [3.63, 3.8) is 0 Å². The van der Waals surface area contributed by atoms with Crippen molar-refractivity contribution in [2.24, 2.45) is 0 Å². The van der Waals surface area contributed by atoms with Gasteiger partial charge in [-0.05, 0) is 43.1 Å². The summed E-state index contributed by atoms with van der Waals surface area (Å²) in [5.74, 6) is 0.884. The fraction of sp³-hybridized carbons (Fsp3) is 0.231. The Bertz CT molecular complexity index is 1090. The minimum atomic E-state index is 0.659. The molecule has 1 N–H and O–H groups in total. The predicted octanol–water partition coefficient (Wildman–Crippen LogP) is 4.64. The number of rotatable bonds is 9. The van der Waals surface area contributed by atoms with Gasteiger partial charge in [-0.1, -0.05) is 72.3 Å². The normalized spacial score (nSPS) is 10.9. The Morgan fingerprint density at radius 3 is 2.26 bits per heavy atom. The highest BCUT2D eigenvalue weighted by atomic mass is 16.5. The van der Waals surface area contributed by atoms with Crippen LogP contribution in [0.1, 0.15) is 22.4 Å². The van der Waals surface area contributed by atoms with Gasteiger partial charge in [-0.2, -0.15) is 15.0 Å². The third kappa shape index (κ3) is 5.58. The first-order valence-electron chi connectivity index (χ1n) is 10.6. The van der Waals surface area contributed by atoms with Gasteiger partial charge in [0.15, 0.2) is 0 Å². The summed E-state index contributed by atoms with van der Waals surface area (Å²) in [6.07, 6.45) is 0.947. The number of nitrogens with one attached hydrogen (secondary N) is 1. The summed E-state index contributed by atoms with van der Waals surface area (Å²) in [7, 11) is 1.69. The number of methoxy groups -OCH3 is 1.